The number of carbonyl (C=O) groups is 1. The van der Waals surface area contributed by atoms with Crippen molar-refractivity contribution in [1.29, 1.82) is 0 Å². The van der Waals surface area contributed by atoms with Crippen LogP contribution in [0.25, 0.3) is 0 Å². The molecule has 0 amide bonds. The molecule has 0 aliphatic rings. The first kappa shape index (κ1) is 16.7. The van der Waals surface area contributed by atoms with Gasteiger partial charge in [0, 0.05) is 11.0 Å². The molecule has 0 saturated carbocycles. The third-order valence-corrected chi connectivity index (χ3v) is 3.54. The Morgan fingerprint density at radius 2 is 1.85 bits per heavy atom. The van der Waals surface area contributed by atoms with Gasteiger partial charge in [0.25, 0.3) is 0 Å². The van der Waals surface area contributed by atoms with Gasteiger partial charge < -0.3 is 19.5 Å². The zero-order chi connectivity index (χ0) is 15.6. The number of carbonyl (C=O) groups excluding carboxylic acids is 1. The first-order chi connectivity index (χ1) is 9.12. The van der Waals surface area contributed by atoms with E-state index in [9.17, 15) is 14.9 Å². The highest BCUT2D eigenvalue weighted by molar-refractivity contribution is 6.61. The first-order valence-corrected chi connectivity index (χ1v) is 6.34. The minimum absolute atomic E-state index is 0.342. The fourth-order valence-corrected chi connectivity index (χ4v) is 1.51. The van der Waals surface area contributed by atoms with Gasteiger partial charge in [0.15, 0.2) is 0 Å². The highest BCUT2D eigenvalue weighted by Crippen LogP contribution is 2.26. The van der Waals surface area contributed by atoms with Crippen molar-refractivity contribution >= 4 is 18.9 Å². The third-order valence-electron chi connectivity index (χ3n) is 3.54. The summed E-state index contributed by atoms with van der Waals surface area (Å²) in [7, 11) is 0.152. The van der Waals surface area contributed by atoms with E-state index < -0.39 is 18.3 Å². The van der Waals surface area contributed by atoms with Crippen LogP contribution in [-0.4, -0.2) is 41.8 Å². The lowest BCUT2D eigenvalue weighted by Crippen LogP contribution is -2.53. The monoisotopic (exact) mass is 280 g/mol. The molecule has 110 valence electrons. The second-order valence-corrected chi connectivity index (χ2v) is 5.66. The van der Waals surface area contributed by atoms with Gasteiger partial charge in [-0.1, -0.05) is 0 Å². The summed E-state index contributed by atoms with van der Waals surface area (Å²) in [5, 5.41) is 20.3. The molecule has 1 rings (SSSR count). The minimum Gasteiger partial charge on any atom is -0.497 e. The lowest BCUT2D eigenvalue weighted by molar-refractivity contribution is -0.0983. The number of rotatable bonds is 6. The molecular formula is C14H21BO5. The predicted octanol–water partition coefficient (Wildman–Crippen LogP) is 0.761. The molecule has 6 heteroatoms. The summed E-state index contributed by atoms with van der Waals surface area (Å²) in [6, 6.07) is 4.67. The number of hydrogen-bond acceptors (Lipinski definition) is 5. The predicted molar refractivity (Wildman–Crippen MR) is 77.5 cm³/mol. The largest absolute Gasteiger partial charge is 0.497 e. The van der Waals surface area contributed by atoms with Crippen LogP contribution in [0.5, 0.6) is 5.75 Å². The van der Waals surface area contributed by atoms with Gasteiger partial charge in [-0.15, -0.1) is 0 Å². The number of methoxy groups -OCH3 is 1. The molecule has 0 fully saturated rings. The Morgan fingerprint density at radius 1 is 1.25 bits per heavy atom. The Morgan fingerprint density at radius 3 is 2.30 bits per heavy atom. The summed E-state index contributed by atoms with van der Waals surface area (Å²) in [5.41, 5.74) is -1.39. The Hall–Kier alpha value is -1.37. The maximum Gasteiger partial charge on any atom is 0.495 e. The van der Waals surface area contributed by atoms with Crippen LogP contribution >= 0.6 is 0 Å². The van der Waals surface area contributed by atoms with E-state index in [1.807, 2.05) is 0 Å². The van der Waals surface area contributed by atoms with Crippen molar-refractivity contribution in [2.75, 3.05) is 7.11 Å². The molecular weight excluding hydrogens is 259 g/mol. The van der Waals surface area contributed by atoms with E-state index in [2.05, 4.69) is 0 Å². The second-order valence-electron chi connectivity index (χ2n) is 5.66. The summed E-state index contributed by atoms with van der Waals surface area (Å²) in [4.78, 5) is 10.8. The van der Waals surface area contributed by atoms with Gasteiger partial charge in [0.1, 0.15) is 12.0 Å². The zero-order valence-electron chi connectivity index (χ0n) is 12.5. The SMILES string of the molecule is COc1ccc(C=O)cc1B(O)OC(C)(C)C(C)(C)O. The molecule has 0 radical (unpaired) electrons. The van der Waals surface area contributed by atoms with Crippen molar-refractivity contribution in [2.24, 2.45) is 0 Å². The van der Waals surface area contributed by atoms with Gasteiger partial charge in [-0.05, 0) is 45.9 Å². The Bertz CT molecular complexity index is 479. The molecule has 1 aromatic rings. The van der Waals surface area contributed by atoms with Crippen molar-refractivity contribution in [2.45, 2.75) is 38.9 Å². The molecule has 1 aromatic carbocycles. The average molecular weight is 280 g/mol. The molecule has 0 aliphatic carbocycles. The van der Waals surface area contributed by atoms with Crippen molar-refractivity contribution in [3.63, 3.8) is 0 Å². The molecule has 0 unspecified atom stereocenters. The van der Waals surface area contributed by atoms with Crippen molar-refractivity contribution in [1.82, 2.24) is 0 Å². The number of hydrogen-bond donors (Lipinski definition) is 2. The van der Waals surface area contributed by atoms with Gasteiger partial charge in [0.2, 0.25) is 0 Å². The molecule has 5 nitrogen and oxygen atoms in total. The Labute approximate surface area is 119 Å². The van der Waals surface area contributed by atoms with E-state index >= 15 is 0 Å². The Balaban J connectivity index is 3.08. The highest BCUT2D eigenvalue weighted by atomic mass is 16.6. The average Bonchev–Trinajstić information content (AvgIpc) is 2.36. The smallest absolute Gasteiger partial charge is 0.495 e. The topological polar surface area (TPSA) is 76.0 Å². The van der Waals surface area contributed by atoms with Gasteiger partial charge in [0.05, 0.1) is 18.3 Å². The van der Waals surface area contributed by atoms with E-state index in [4.69, 9.17) is 9.39 Å². The highest BCUT2D eigenvalue weighted by Gasteiger charge is 2.40. The first-order valence-electron chi connectivity index (χ1n) is 6.34. The van der Waals surface area contributed by atoms with Crippen LogP contribution in [0.2, 0.25) is 0 Å². The van der Waals surface area contributed by atoms with Gasteiger partial charge >= 0.3 is 7.12 Å². The lowest BCUT2D eigenvalue weighted by Gasteiger charge is -2.38. The Kier molecular flexibility index (Phi) is 4.97. The minimum atomic E-state index is -1.31. The molecule has 0 bridgehead atoms. The fourth-order valence-electron chi connectivity index (χ4n) is 1.51. The normalized spacial score (nSPS) is 12.2. The number of aliphatic hydroxyl groups is 1. The molecule has 0 aliphatic heterocycles. The van der Waals surface area contributed by atoms with E-state index in [0.717, 1.165) is 0 Å². The number of ether oxygens (including phenoxy) is 1. The lowest BCUT2D eigenvalue weighted by atomic mass is 9.75. The van der Waals surface area contributed by atoms with Crippen molar-refractivity contribution in [3.8, 4) is 5.75 Å². The van der Waals surface area contributed by atoms with Crippen LogP contribution in [-0.2, 0) is 4.65 Å². The van der Waals surface area contributed by atoms with Crippen molar-refractivity contribution in [3.05, 3.63) is 23.8 Å². The quantitative estimate of drug-likeness (QED) is 0.594. The summed E-state index contributed by atoms with van der Waals surface area (Å²) >= 11 is 0. The third kappa shape index (κ3) is 3.59. The van der Waals surface area contributed by atoms with Gasteiger partial charge in [-0.25, -0.2) is 0 Å². The van der Waals surface area contributed by atoms with E-state index in [0.29, 0.717) is 23.1 Å². The number of aldehydes is 1. The molecule has 2 N–H and O–H groups in total. The van der Waals surface area contributed by atoms with Crippen LogP contribution in [0, 0.1) is 0 Å². The second kappa shape index (κ2) is 5.95. The molecule has 20 heavy (non-hydrogen) atoms. The molecule has 0 atom stereocenters. The zero-order valence-corrected chi connectivity index (χ0v) is 12.5. The van der Waals surface area contributed by atoms with E-state index in [1.54, 1.807) is 39.8 Å². The van der Waals surface area contributed by atoms with Crippen molar-refractivity contribution < 1.29 is 24.3 Å². The molecule has 0 spiro atoms. The molecule has 0 aromatic heterocycles. The molecule has 0 heterocycles. The summed E-state index contributed by atoms with van der Waals surface area (Å²) in [5.74, 6) is 0.412. The maximum absolute atomic E-state index is 10.8. The van der Waals surface area contributed by atoms with Gasteiger partial charge in [-0.2, -0.15) is 0 Å². The van der Waals surface area contributed by atoms with Crippen LogP contribution in [0.15, 0.2) is 18.2 Å². The summed E-state index contributed by atoms with van der Waals surface area (Å²) in [6.07, 6.45) is 0.677. The fraction of sp³-hybridized carbons (Fsp3) is 0.500. The maximum atomic E-state index is 10.8. The van der Waals surface area contributed by atoms with Gasteiger partial charge in [-0.3, -0.25) is 4.79 Å². The van der Waals surface area contributed by atoms with Crippen LogP contribution in [0.4, 0.5) is 0 Å². The van der Waals surface area contributed by atoms with Crippen LogP contribution < -0.4 is 10.2 Å². The van der Waals surface area contributed by atoms with Crippen LogP contribution in [0.3, 0.4) is 0 Å². The molecule has 0 saturated heterocycles. The summed E-state index contributed by atoms with van der Waals surface area (Å²) in [6.45, 7) is 6.54. The van der Waals surface area contributed by atoms with E-state index in [1.165, 1.54) is 13.2 Å². The standard InChI is InChI=1S/C14H21BO5/c1-13(2,17)14(3,4)20-15(18)11-8-10(9-16)6-7-12(11)19-5/h6-9,17-18H,1-5H3. The number of benzene rings is 1. The van der Waals surface area contributed by atoms with Crippen LogP contribution in [0.1, 0.15) is 38.1 Å². The van der Waals surface area contributed by atoms with E-state index in [-0.39, 0.29) is 0 Å². The summed E-state index contributed by atoms with van der Waals surface area (Å²) < 4.78 is 10.7.